The summed E-state index contributed by atoms with van der Waals surface area (Å²) < 4.78 is 2.19. The summed E-state index contributed by atoms with van der Waals surface area (Å²) in [6.07, 6.45) is 0. The zero-order chi connectivity index (χ0) is 19.6. The van der Waals surface area contributed by atoms with Crippen molar-refractivity contribution in [1.29, 1.82) is 0 Å². The number of nitrogens with one attached hydrogen (secondary N) is 1. The number of rotatable bonds is 6. The fraction of sp³-hybridized carbons (Fsp3) is 0.389. The first kappa shape index (κ1) is 19.8. The van der Waals surface area contributed by atoms with Crippen LogP contribution in [0.25, 0.3) is 0 Å². The van der Waals surface area contributed by atoms with Crippen LogP contribution in [-0.4, -0.2) is 21.5 Å². The summed E-state index contributed by atoms with van der Waals surface area (Å²) in [5, 5.41) is 3.58. The van der Waals surface area contributed by atoms with Crippen molar-refractivity contribution in [2.75, 3.05) is 17.6 Å². The molecule has 0 aliphatic carbocycles. The molecule has 0 spiro atoms. The number of benzene rings is 1. The summed E-state index contributed by atoms with van der Waals surface area (Å²) in [6, 6.07) is 5.23. The lowest BCUT2D eigenvalue weighted by atomic mass is 10.1. The van der Waals surface area contributed by atoms with Crippen LogP contribution in [-0.2, 0) is 13.6 Å². The molecule has 0 saturated heterocycles. The lowest BCUT2D eigenvalue weighted by Crippen LogP contribution is -2.43. The predicted octanol–water partition coefficient (Wildman–Crippen LogP) is 2.04. The minimum Gasteiger partial charge on any atom is -0.384 e. The number of hydrogen-bond acceptors (Lipinski definition) is 5. The van der Waals surface area contributed by atoms with Crippen molar-refractivity contribution in [1.82, 2.24) is 9.13 Å². The summed E-state index contributed by atoms with van der Waals surface area (Å²) in [7, 11) is 1.34. The Labute approximate surface area is 156 Å². The molecule has 1 aromatic heterocycles. The van der Waals surface area contributed by atoms with Crippen LogP contribution in [0.2, 0.25) is 5.02 Å². The Morgan fingerprint density at radius 2 is 1.96 bits per heavy atom. The molecular formula is C18H23ClN4O3. The van der Waals surface area contributed by atoms with Gasteiger partial charge >= 0.3 is 5.69 Å². The van der Waals surface area contributed by atoms with E-state index in [1.165, 1.54) is 11.6 Å². The summed E-state index contributed by atoms with van der Waals surface area (Å²) in [6.45, 7) is 5.90. The van der Waals surface area contributed by atoms with Crippen molar-refractivity contribution in [2.24, 2.45) is 13.0 Å². The van der Waals surface area contributed by atoms with E-state index < -0.39 is 17.0 Å². The average Bonchev–Trinajstić information content (AvgIpc) is 2.56. The van der Waals surface area contributed by atoms with Crippen LogP contribution in [0.15, 0.2) is 27.8 Å². The molecule has 0 bridgehead atoms. The number of anilines is 2. The number of aromatic nitrogens is 2. The number of ketones is 1. The number of aryl methyl sites for hydroxylation is 1. The fourth-order valence-electron chi connectivity index (χ4n) is 2.68. The second-order valence-corrected chi connectivity index (χ2v) is 7.08. The summed E-state index contributed by atoms with van der Waals surface area (Å²) >= 11 is 5.92. The highest BCUT2D eigenvalue weighted by Crippen LogP contribution is 2.19. The minimum atomic E-state index is -0.688. The predicted molar refractivity (Wildman–Crippen MR) is 104 cm³/mol. The van der Waals surface area contributed by atoms with Gasteiger partial charge < -0.3 is 11.1 Å². The highest BCUT2D eigenvalue weighted by Gasteiger charge is 2.21. The van der Waals surface area contributed by atoms with Gasteiger partial charge in [-0.3, -0.25) is 18.7 Å². The van der Waals surface area contributed by atoms with Gasteiger partial charge in [0.1, 0.15) is 11.4 Å². The molecule has 140 valence electrons. The van der Waals surface area contributed by atoms with Gasteiger partial charge in [-0.2, -0.15) is 0 Å². The molecule has 7 nitrogen and oxygen atoms in total. The van der Waals surface area contributed by atoms with Gasteiger partial charge in [-0.1, -0.05) is 25.4 Å². The van der Waals surface area contributed by atoms with E-state index in [0.29, 0.717) is 11.6 Å². The maximum absolute atomic E-state index is 12.6. The Morgan fingerprint density at radius 1 is 1.31 bits per heavy atom. The topological polar surface area (TPSA) is 99.1 Å². The number of nitrogens with two attached hydrogens (primary N) is 1. The van der Waals surface area contributed by atoms with Crippen molar-refractivity contribution in [3.8, 4) is 0 Å². The zero-order valence-corrected chi connectivity index (χ0v) is 16.1. The fourth-order valence-corrected chi connectivity index (χ4v) is 2.90. The van der Waals surface area contributed by atoms with E-state index in [0.717, 1.165) is 15.8 Å². The van der Waals surface area contributed by atoms with E-state index in [-0.39, 0.29) is 23.8 Å². The van der Waals surface area contributed by atoms with Crippen molar-refractivity contribution >= 4 is 28.9 Å². The van der Waals surface area contributed by atoms with E-state index in [9.17, 15) is 14.4 Å². The Hall–Kier alpha value is -2.54. The highest BCUT2D eigenvalue weighted by molar-refractivity contribution is 6.30. The van der Waals surface area contributed by atoms with Crippen LogP contribution in [0.1, 0.15) is 29.8 Å². The Balaban J connectivity index is 2.38. The summed E-state index contributed by atoms with van der Waals surface area (Å²) in [4.78, 5) is 37.3. The summed E-state index contributed by atoms with van der Waals surface area (Å²) in [5.41, 5.74) is 6.22. The molecule has 26 heavy (non-hydrogen) atoms. The van der Waals surface area contributed by atoms with Crippen molar-refractivity contribution < 1.29 is 4.79 Å². The van der Waals surface area contributed by atoms with Gasteiger partial charge in [-0.05, 0) is 36.6 Å². The second-order valence-electron chi connectivity index (χ2n) is 6.65. The van der Waals surface area contributed by atoms with Crippen LogP contribution in [0.4, 0.5) is 11.5 Å². The van der Waals surface area contributed by atoms with Crippen LogP contribution in [0.3, 0.4) is 0 Å². The quantitative estimate of drug-likeness (QED) is 0.749. The lowest BCUT2D eigenvalue weighted by molar-refractivity contribution is 0.100. The van der Waals surface area contributed by atoms with Crippen molar-refractivity contribution in [2.45, 2.75) is 27.3 Å². The largest absolute Gasteiger partial charge is 0.384 e. The minimum absolute atomic E-state index is 0.0913. The van der Waals surface area contributed by atoms with Gasteiger partial charge in [0, 0.05) is 24.3 Å². The molecule has 0 fully saturated rings. The van der Waals surface area contributed by atoms with E-state index in [2.05, 4.69) is 5.32 Å². The number of halogens is 1. The first-order valence-corrected chi connectivity index (χ1v) is 8.63. The maximum atomic E-state index is 12.6. The van der Waals surface area contributed by atoms with Crippen LogP contribution in [0.5, 0.6) is 0 Å². The van der Waals surface area contributed by atoms with Crippen LogP contribution in [0, 0.1) is 12.8 Å². The summed E-state index contributed by atoms with van der Waals surface area (Å²) in [5.74, 6) is -0.438. The Bertz CT molecular complexity index is 960. The number of Topliss-reactive ketones (excluding diaryl/α,β-unsaturated/α-hetero) is 1. The normalized spacial score (nSPS) is 11.0. The number of nitrogens with zero attached hydrogens (tertiary/aromatic N) is 2. The van der Waals surface area contributed by atoms with E-state index in [1.807, 2.05) is 20.8 Å². The number of nitrogen functional groups attached to an aromatic ring is 1. The first-order chi connectivity index (χ1) is 12.1. The van der Waals surface area contributed by atoms with Gasteiger partial charge in [0.25, 0.3) is 5.56 Å². The monoisotopic (exact) mass is 378 g/mol. The SMILES string of the molecule is Cc1cc(Cl)ccc1NCC(=O)c1c(N)n(CC(C)C)c(=O)n(C)c1=O. The van der Waals surface area contributed by atoms with Crippen LogP contribution >= 0.6 is 11.6 Å². The number of hydrogen-bond donors (Lipinski definition) is 2. The molecule has 2 rings (SSSR count). The molecule has 0 unspecified atom stereocenters. The van der Waals surface area contributed by atoms with Crippen molar-refractivity contribution in [3.05, 3.63) is 55.2 Å². The maximum Gasteiger partial charge on any atom is 0.332 e. The molecule has 3 N–H and O–H groups in total. The van der Waals surface area contributed by atoms with Gasteiger partial charge in [0.15, 0.2) is 5.78 Å². The molecule has 1 aromatic carbocycles. The van der Waals surface area contributed by atoms with Gasteiger partial charge in [-0.15, -0.1) is 0 Å². The van der Waals surface area contributed by atoms with Crippen LogP contribution < -0.4 is 22.3 Å². The molecule has 0 amide bonds. The third-order valence-corrected chi connectivity index (χ3v) is 4.27. The molecule has 2 aromatic rings. The number of carbonyl (C=O) groups is 1. The molecule has 0 atom stereocenters. The van der Waals surface area contributed by atoms with E-state index in [1.54, 1.807) is 18.2 Å². The first-order valence-electron chi connectivity index (χ1n) is 8.26. The molecule has 0 aliphatic heterocycles. The molecular weight excluding hydrogens is 356 g/mol. The smallest absolute Gasteiger partial charge is 0.332 e. The molecule has 0 radical (unpaired) electrons. The highest BCUT2D eigenvalue weighted by atomic mass is 35.5. The zero-order valence-electron chi connectivity index (χ0n) is 15.3. The molecule has 0 saturated carbocycles. The van der Waals surface area contributed by atoms with E-state index >= 15 is 0 Å². The molecule has 8 heteroatoms. The standard InChI is InChI=1S/C18H23ClN4O3/c1-10(2)9-23-16(20)15(17(25)22(4)18(23)26)14(24)8-21-13-6-5-12(19)7-11(13)3/h5-7,10,21H,8-9,20H2,1-4H3. The average molecular weight is 379 g/mol. The molecule has 1 heterocycles. The van der Waals surface area contributed by atoms with Gasteiger partial charge in [0.05, 0.1) is 6.54 Å². The Morgan fingerprint density at radius 3 is 2.54 bits per heavy atom. The Kier molecular flexibility index (Phi) is 5.92. The van der Waals surface area contributed by atoms with Gasteiger partial charge in [-0.25, -0.2) is 4.79 Å². The lowest BCUT2D eigenvalue weighted by Gasteiger charge is -2.16. The molecule has 0 aliphatic rings. The second kappa shape index (κ2) is 7.78. The number of carbonyl (C=O) groups excluding carboxylic acids is 1. The van der Waals surface area contributed by atoms with E-state index in [4.69, 9.17) is 17.3 Å². The third-order valence-electron chi connectivity index (χ3n) is 4.04. The van der Waals surface area contributed by atoms with Gasteiger partial charge in [0.2, 0.25) is 0 Å². The third kappa shape index (κ3) is 3.99. The van der Waals surface area contributed by atoms with Crippen molar-refractivity contribution in [3.63, 3.8) is 0 Å².